The summed E-state index contributed by atoms with van der Waals surface area (Å²) in [5.41, 5.74) is 21.6. The standard InChI is InChI=1S/C68H52BN3O2/c1-67(2,3)42-33-36-54-50(37-42)47-26-14-18-30-53(47)70(54)45-34-35-51-55(40-45)72(52-29-17-13-25-46(52)41-21-9-7-10-22-41)57-39-43(68(4,5)6)38-56-62(57)69(51)63-64(71(56)44-23-11-8-12-24-44)66-61(49-28-16-20-32-59(49)74-66)60-48-27-15-19-31-58(48)73-65(60)63/h7-40H,1-6H3. The van der Waals surface area contributed by atoms with Crippen molar-refractivity contribution in [2.45, 2.75) is 52.4 Å². The minimum Gasteiger partial charge on any atom is -0.456 e. The number of anilines is 6. The fourth-order valence-electron chi connectivity index (χ4n) is 12.6. The zero-order valence-corrected chi connectivity index (χ0v) is 42.4. The topological polar surface area (TPSA) is 37.7 Å². The molecular formula is C68H52BN3O2. The molecule has 15 rings (SSSR count). The molecule has 5 heterocycles. The normalized spacial score (nSPS) is 13.5. The molecule has 3 aromatic heterocycles. The van der Waals surface area contributed by atoms with Crippen LogP contribution < -0.4 is 26.2 Å². The number of rotatable bonds is 4. The minimum atomic E-state index is -0.263. The van der Waals surface area contributed by atoms with Gasteiger partial charge in [0.25, 0.3) is 6.71 Å². The lowest BCUT2D eigenvalue weighted by Gasteiger charge is -2.45. The van der Waals surface area contributed by atoms with E-state index in [9.17, 15) is 0 Å². The van der Waals surface area contributed by atoms with Gasteiger partial charge in [-0.3, -0.25) is 0 Å². The highest BCUT2D eigenvalue weighted by atomic mass is 16.3. The van der Waals surface area contributed by atoms with Crippen molar-refractivity contribution in [1.82, 2.24) is 4.57 Å². The maximum Gasteiger partial charge on any atom is 0.257 e. The Hall–Kier alpha value is -8.74. The van der Waals surface area contributed by atoms with Crippen molar-refractivity contribution in [3.05, 3.63) is 217 Å². The average molecular weight is 954 g/mol. The molecule has 0 N–H and O–H groups in total. The summed E-state index contributed by atoms with van der Waals surface area (Å²) in [5, 5.41) is 6.80. The van der Waals surface area contributed by atoms with Gasteiger partial charge in [0.2, 0.25) is 0 Å². The molecular weight excluding hydrogens is 902 g/mol. The fourth-order valence-corrected chi connectivity index (χ4v) is 12.6. The quantitative estimate of drug-likeness (QED) is 0.165. The number of para-hydroxylation sites is 5. The molecule has 2 aliphatic rings. The van der Waals surface area contributed by atoms with Gasteiger partial charge in [-0.05, 0) is 111 Å². The molecule has 2 aliphatic heterocycles. The highest BCUT2D eigenvalue weighted by molar-refractivity contribution is 7.02. The Balaban J connectivity index is 1.13. The van der Waals surface area contributed by atoms with Gasteiger partial charge in [-0.1, -0.05) is 175 Å². The van der Waals surface area contributed by atoms with Crippen LogP contribution in [0.3, 0.4) is 0 Å². The molecule has 0 saturated heterocycles. The Morgan fingerprint density at radius 3 is 1.69 bits per heavy atom. The molecule has 5 nitrogen and oxygen atoms in total. The summed E-state index contributed by atoms with van der Waals surface area (Å²) in [6.07, 6.45) is 0. The Bertz CT molecular complexity index is 4470. The van der Waals surface area contributed by atoms with Gasteiger partial charge in [-0.15, -0.1) is 0 Å². The van der Waals surface area contributed by atoms with Crippen molar-refractivity contribution in [2.24, 2.45) is 0 Å². The first-order valence-electron chi connectivity index (χ1n) is 26.0. The Kier molecular flexibility index (Phi) is 8.92. The second-order valence-electron chi connectivity index (χ2n) is 22.4. The molecule has 0 atom stereocenters. The highest BCUT2D eigenvalue weighted by Crippen LogP contribution is 2.53. The number of hydrogen-bond acceptors (Lipinski definition) is 4. The predicted molar refractivity (Wildman–Crippen MR) is 312 cm³/mol. The lowest BCUT2D eigenvalue weighted by molar-refractivity contribution is 0.590. The van der Waals surface area contributed by atoms with Gasteiger partial charge in [0.05, 0.1) is 22.4 Å². The van der Waals surface area contributed by atoms with E-state index in [-0.39, 0.29) is 17.5 Å². The number of aromatic nitrogens is 1. The first-order chi connectivity index (χ1) is 36.0. The lowest BCUT2D eigenvalue weighted by atomic mass is 9.33. The summed E-state index contributed by atoms with van der Waals surface area (Å²) >= 11 is 0. The van der Waals surface area contributed by atoms with E-state index >= 15 is 0 Å². The third-order valence-electron chi connectivity index (χ3n) is 16.0. The van der Waals surface area contributed by atoms with E-state index in [1.54, 1.807) is 0 Å². The highest BCUT2D eigenvalue weighted by Gasteiger charge is 2.48. The number of fused-ring (bicyclic) bond motifs is 16. The van der Waals surface area contributed by atoms with Gasteiger partial charge < -0.3 is 23.2 Å². The van der Waals surface area contributed by atoms with E-state index in [1.165, 1.54) is 43.9 Å². The summed E-state index contributed by atoms with van der Waals surface area (Å²) in [6, 6.07) is 75.9. The predicted octanol–water partition coefficient (Wildman–Crippen LogP) is 16.9. The van der Waals surface area contributed by atoms with Crippen LogP contribution in [0, 0.1) is 0 Å². The first-order valence-corrected chi connectivity index (χ1v) is 26.0. The zero-order chi connectivity index (χ0) is 49.8. The van der Waals surface area contributed by atoms with Crippen molar-refractivity contribution in [3.8, 4) is 16.8 Å². The summed E-state index contributed by atoms with van der Waals surface area (Å²) in [6.45, 7) is 13.6. The molecule has 354 valence electrons. The van der Waals surface area contributed by atoms with Crippen molar-refractivity contribution in [3.63, 3.8) is 0 Å². The van der Waals surface area contributed by atoms with Crippen molar-refractivity contribution in [1.29, 1.82) is 0 Å². The minimum absolute atomic E-state index is 0.000399. The van der Waals surface area contributed by atoms with Gasteiger partial charge in [0, 0.05) is 71.8 Å². The molecule has 0 saturated carbocycles. The van der Waals surface area contributed by atoms with E-state index in [2.05, 4.69) is 262 Å². The maximum atomic E-state index is 7.38. The van der Waals surface area contributed by atoms with Crippen LogP contribution in [0.15, 0.2) is 215 Å². The van der Waals surface area contributed by atoms with E-state index in [1.807, 2.05) is 0 Å². The molecule has 13 aromatic rings. The molecule has 0 aliphatic carbocycles. The molecule has 0 spiro atoms. The second-order valence-corrected chi connectivity index (χ2v) is 22.4. The number of hydrogen-bond donors (Lipinski definition) is 0. The summed E-state index contributed by atoms with van der Waals surface area (Å²) < 4.78 is 17.2. The van der Waals surface area contributed by atoms with Crippen LogP contribution in [0.2, 0.25) is 0 Å². The van der Waals surface area contributed by atoms with E-state index in [0.29, 0.717) is 0 Å². The molecule has 0 amide bonds. The largest absolute Gasteiger partial charge is 0.456 e. The van der Waals surface area contributed by atoms with E-state index in [4.69, 9.17) is 8.83 Å². The van der Waals surface area contributed by atoms with Gasteiger partial charge in [0.1, 0.15) is 16.7 Å². The molecule has 0 fully saturated rings. The van der Waals surface area contributed by atoms with Crippen LogP contribution in [-0.2, 0) is 10.8 Å². The second kappa shape index (κ2) is 15.4. The molecule has 6 heteroatoms. The molecule has 74 heavy (non-hydrogen) atoms. The monoisotopic (exact) mass is 953 g/mol. The zero-order valence-electron chi connectivity index (χ0n) is 42.4. The van der Waals surface area contributed by atoms with Crippen molar-refractivity contribution < 1.29 is 8.83 Å². The Labute approximate surface area is 430 Å². The van der Waals surface area contributed by atoms with Crippen LogP contribution in [0.4, 0.5) is 34.1 Å². The van der Waals surface area contributed by atoms with Gasteiger partial charge in [-0.25, -0.2) is 0 Å². The van der Waals surface area contributed by atoms with Crippen molar-refractivity contribution in [2.75, 3.05) is 9.80 Å². The Morgan fingerprint density at radius 2 is 0.973 bits per heavy atom. The molecule has 0 unspecified atom stereocenters. The lowest BCUT2D eigenvalue weighted by Crippen LogP contribution is -2.61. The van der Waals surface area contributed by atoms with E-state index in [0.717, 1.165) is 100 Å². The van der Waals surface area contributed by atoms with Gasteiger partial charge in [0.15, 0.2) is 5.58 Å². The van der Waals surface area contributed by atoms with Crippen LogP contribution in [0.5, 0.6) is 0 Å². The van der Waals surface area contributed by atoms with Crippen LogP contribution in [-0.4, -0.2) is 11.3 Å². The number of benzene rings is 10. The average Bonchev–Trinajstić information content (AvgIpc) is 4.12. The van der Waals surface area contributed by atoms with Gasteiger partial charge >= 0.3 is 0 Å². The third-order valence-corrected chi connectivity index (χ3v) is 16.0. The summed E-state index contributed by atoms with van der Waals surface area (Å²) in [7, 11) is 0. The third kappa shape index (κ3) is 6.05. The number of nitrogens with zero attached hydrogens (tertiary/aromatic N) is 3. The maximum absolute atomic E-state index is 7.38. The Morgan fingerprint density at radius 1 is 0.392 bits per heavy atom. The molecule has 0 bridgehead atoms. The van der Waals surface area contributed by atoms with Crippen LogP contribution in [0.1, 0.15) is 52.7 Å². The number of furan rings is 2. The SMILES string of the molecule is CC(C)(C)c1cc2c3c(c1)N(c1ccccc1)c1c(c4oc5ccccc5c4c4c1oc1ccccc14)B3c1ccc(-n3c4ccccc4c4cc(C(C)(C)C)ccc43)cc1N2c1ccccc1-c1ccccc1. The van der Waals surface area contributed by atoms with Crippen LogP contribution in [0.25, 0.3) is 82.5 Å². The smallest absolute Gasteiger partial charge is 0.257 e. The fraction of sp³-hybridized carbons (Fsp3) is 0.118. The first kappa shape index (κ1) is 42.9. The van der Waals surface area contributed by atoms with Gasteiger partial charge in [-0.2, -0.15) is 0 Å². The summed E-state index contributed by atoms with van der Waals surface area (Å²) in [4.78, 5) is 5.07. The van der Waals surface area contributed by atoms with E-state index < -0.39 is 0 Å². The molecule has 0 radical (unpaired) electrons. The van der Waals surface area contributed by atoms with Crippen molar-refractivity contribution >= 4 is 123 Å². The van der Waals surface area contributed by atoms with Crippen LogP contribution >= 0.6 is 0 Å². The summed E-state index contributed by atoms with van der Waals surface area (Å²) in [5.74, 6) is 0. The molecule has 10 aromatic carbocycles.